The number of rotatable bonds is 6. The Hall–Kier alpha value is -1.18. The van der Waals surface area contributed by atoms with Gasteiger partial charge in [-0.15, -0.1) is 10.2 Å². The van der Waals surface area contributed by atoms with Crippen LogP contribution in [0.4, 0.5) is 15.2 Å². The van der Waals surface area contributed by atoms with E-state index in [1.807, 2.05) is 0 Å². The van der Waals surface area contributed by atoms with Crippen molar-refractivity contribution < 1.29 is 9.50 Å². The van der Waals surface area contributed by atoms with E-state index in [9.17, 15) is 9.50 Å². The summed E-state index contributed by atoms with van der Waals surface area (Å²) < 4.78 is 14.3. The van der Waals surface area contributed by atoms with E-state index in [4.69, 9.17) is 0 Å². The standard InChI is InChI=1S/C13H16FN3OS2/c1-13(2,18)7-8-19-12-17-16-11(20-12)15-10-6-4-3-5-9(10)14/h3-6,18H,7-8H2,1-2H3,(H,15,16). The molecule has 0 bridgehead atoms. The third-order valence-electron chi connectivity index (χ3n) is 2.46. The van der Waals surface area contributed by atoms with Crippen LogP contribution in [0.15, 0.2) is 28.6 Å². The summed E-state index contributed by atoms with van der Waals surface area (Å²) in [6.07, 6.45) is 0.674. The number of halogens is 1. The lowest BCUT2D eigenvalue weighted by Crippen LogP contribution is -2.18. The fourth-order valence-corrected chi connectivity index (χ4v) is 3.47. The summed E-state index contributed by atoms with van der Waals surface area (Å²) in [6, 6.07) is 6.43. The minimum atomic E-state index is -0.675. The molecule has 20 heavy (non-hydrogen) atoms. The Morgan fingerprint density at radius 2 is 2.10 bits per heavy atom. The second-order valence-corrected chi connectivity index (χ2v) is 7.21. The van der Waals surface area contributed by atoms with Gasteiger partial charge in [0.2, 0.25) is 5.13 Å². The van der Waals surface area contributed by atoms with Gasteiger partial charge in [-0.05, 0) is 32.4 Å². The topological polar surface area (TPSA) is 58.0 Å². The van der Waals surface area contributed by atoms with Crippen molar-refractivity contribution in [3.05, 3.63) is 30.1 Å². The number of benzene rings is 1. The third-order valence-corrected chi connectivity index (χ3v) is 4.44. The summed E-state index contributed by atoms with van der Waals surface area (Å²) in [4.78, 5) is 0. The van der Waals surface area contributed by atoms with Crippen LogP contribution in [0.5, 0.6) is 0 Å². The van der Waals surface area contributed by atoms with Gasteiger partial charge in [-0.25, -0.2) is 4.39 Å². The van der Waals surface area contributed by atoms with Gasteiger partial charge in [-0.3, -0.25) is 0 Å². The molecule has 0 atom stereocenters. The van der Waals surface area contributed by atoms with Crippen molar-refractivity contribution in [3.8, 4) is 0 Å². The minimum absolute atomic E-state index is 0.320. The Balaban J connectivity index is 1.91. The van der Waals surface area contributed by atoms with E-state index < -0.39 is 5.60 Å². The van der Waals surface area contributed by atoms with Gasteiger partial charge in [0.25, 0.3) is 0 Å². The maximum atomic E-state index is 13.5. The van der Waals surface area contributed by atoms with E-state index in [0.717, 1.165) is 10.1 Å². The molecule has 0 aliphatic carbocycles. The van der Waals surface area contributed by atoms with Gasteiger partial charge in [0, 0.05) is 5.75 Å². The number of hydrogen-bond acceptors (Lipinski definition) is 6. The van der Waals surface area contributed by atoms with Gasteiger partial charge in [0.05, 0.1) is 11.3 Å². The highest BCUT2D eigenvalue weighted by Crippen LogP contribution is 2.29. The highest BCUT2D eigenvalue weighted by Gasteiger charge is 2.13. The number of thioether (sulfide) groups is 1. The predicted octanol–water partition coefficient (Wildman–Crippen LogP) is 3.67. The average molecular weight is 313 g/mol. The van der Waals surface area contributed by atoms with Crippen molar-refractivity contribution >= 4 is 33.9 Å². The molecule has 0 spiro atoms. The minimum Gasteiger partial charge on any atom is -0.390 e. The number of aromatic nitrogens is 2. The van der Waals surface area contributed by atoms with E-state index >= 15 is 0 Å². The van der Waals surface area contributed by atoms with Crippen LogP contribution >= 0.6 is 23.1 Å². The number of hydrogen-bond donors (Lipinski definition) is 2. The van der Waals surface area contributed by atoms with Gasteiger partial charge < -0.3 is 10.4 Å². The van der Waals surface area contributed by atoms with Crippen LogP contribution in [0.2, 0.25) is 0 Å². The molecule has 0 amide bonds. The van der Waals surface area contributed by atoms with Crippen LogP contribution in [0.1, 0.15) is 20.3 Å². The van der Waals surface area contributed by atoms with E-state index in [2.05, 4.69) is 15.5 Å². The van der Waals surface area contributed by atoms with Crippen LogP contribution in [0.3, 0.4) is 0 Å². The highest BCUT2D eigenvalue weighted by molar-refractivity contribution is 8.01. The zero-order valence-electron chi connectivity index (χ0n) is 11.3. The molecule has 108 valence electrons. The largest absolute Gasteiger partial charge is 0.390 e. The lowest BCUT2D eigenvalue weighted by Gasteiger charge is -2.15. The van der Waals surface area contributed by atoms with Gasteiger partial charge in [0.1, 0.15) is 5.82 Å². The number of nitrogens with zero attached hydrogens (tertiary/aromatic N) is 2. The molecular formula is C13H16FN3OS2. The monoisotopic (exact) mass is 313 g/mol. The van der Waals surface area contributed by atoms with E-state index in [1.165, 1.54) is 29.2 Å². The average Bonchev–Trinajstić information content (AvgIpc) is 2.78. The number of para-hydroxylation sites is 1. The number of nitrogens with one attached hydrogen (secondary N) is 1. The van der Waals surface area contributed by atoms with Crippen LogP contribution in [0, 0.1) is 5.82 Å². The molecular weight excluding hydrogens is 297 g/mol. The summed E-state index contributed by atoms with van der Waals surface area (Å²) in [5.41, 5.74) is -0.289. The van der Waals surface area contributed by atoms with E-state index in [-0.39, 0.29) is 5.82 Å². The molecule has 7 heteroatoms. The van der Waals surface area contributed by atoms with E-state index in [0.29, 0.717) is 17.2 Å². The van der Waals surface area contributed by atoms with E-state index in [1.54, 1.807) is 32.0 Å². The Morgan fingerprint density at radius 1 is 1.35 bits per heavy atom. The number of aliphatic hydroxyl groups is 1. The highest BCUT2D eigenvalue weighted by atomic mass is 32.2. The first-order chi connectivity index (χ1) is 9.44. The first-order valence-electron chi connectivity index (χ1n) is 6.14. The summed E-state index contributed by atoms with van der Waals surface area (Å²) in [5.74, 6) is 0.441. The molecule has 0 aliphatic heterocycles. The molecule has 1 aromatic heterocycles. The smallest absolute Gasteiger partial charge is 0.210 e. The number of anilines is 2. The molecule has 4 nitrogen and oxygen atoms in total. The zero-order valence-corrected chi connectivity index (χ0v) is 12.9. The Kier molecular flexibility index (Phi) is 4.95. The molecule has 0 saturated carbocycles. The first kappa shape index (κ1) is 15.2. The molecule has 2 rings (SSSR count). The van der Waals surface area contributed by atoms with Crippen molar-refractivity contribution in [2.45, 2.75) is 30.2 Å². The quantitative estimate of drug-likeness (QED) is 0.797. The Bertz CT molecular complexity index is 569. The Labute approximate surface area is 125 Å². The molecule has 0 aliphatic rings. The van der Waals surface area contributed by atoms with Crippen LogP contribution < -0.4 is 5.32 Å². The Morgan fingerprint density at radius 3 is 2.80 bits per heavy atom. The second kappa shape index (κ2) is 6.51. The predicted molar refractivity (Wildman–Crippen MR) is 81.2 cm³/mol. The fraction of sp³-hybridized carbons (Fsp3) is 0.385. The van der Waals surface area contributed by atoms with Gasteiger partial charge in [-0.2, -0.15) is 0 Å². The molecule has 2 N–H and O–H groups in total. The molecule has 2 aromatic rings. The summed E-state index contributed by atoms with van der Waals surface area (Å²) in [5, 5.41) is 21.1. The fourth-order valence-electron chi connectivity index (χ4n) is 1.38. The van der Waals surface area contributed by atoms with Crippen molar-refractivity contribution in [2.75, 3.05) is 11.1 Å². The van der Waals surface area contributed by atoms with Crippen molar-refractivity contribution in [3.63, 3.8) is 0 Å². The van der Waals surface area contributed by atoms with Crippen molar-refractivity contribution in [1.29, 1.82) is 0 Å². The van der Waals surface area contributed by atoms with Gasteiger partial charge >= 0.3 is 0 Å². The van der Waals surface area contributed by atoms with Crippen molar-refractivity contribution in [2.24, 2.45) is 0 Å². The third kappa shape index (κ3) is 4.73. The SMILES string of the molecule is CC(C)(O)CCSc1nnc(Nc2ccccc2F)s1. The van der Waals surface area contributed by atoms with Crippen molar-refractivity contribution in [1.82, 2.24) is 10.2 Å². The lowest BCUT2D eigenvalue weighted by atomic mass is 10.1. The zero-order chi connectivity index (χ0) is 14.6. The molecule has 0 fully saturated rings. The molecule has 0 radical (unpaired) electrons. The second-order valence-electron chi connectivity index (χ2n) is 4.89. The van der Waals surface area contributed by atoms with Crippen LogP contribution in [-0.4, -0.2) is 26.7 Å². The summed E-state index contributed by atoms with van der Waals surface area (Å²) >= 11 is 2.90. The molecule has 0 unspecified atom stereocenters. The molecule has 1 aromatic carbocycles. The first-order valence-corrected chi connectivity index (χ1v) is 7.94. The maximum absolute atomic E-state index is 13.5. The summed E-state index contributed by atoms with van der Waals surface area (Å²) in [6.45, 7) is 3.55. The van der Waals surface area contributed by atoms with Crippen LogP contribution in [-0.2, 0) is 0 Å². The van der Waals surface area contributed by atoms with Crippen LogP contribution in [0.25, 0.3) is 0 Å². The molecule has 1 heterocycles. The maximum Gasteiger partial charge on any atom is 0.210 e. The van der Waals surface area contributed by atoms with Gasteiger partial charge in [-0.1, -0.05) is 35.2 Å². The lowest BCUT2D eigenvalue weighted by molar-refractivity contribution is 0.0777. The summed E-state index contributed by atoms with van der Waals surface area (Å²) in [7, 11) is 0. The van der Waals surface area contributed by atoms with Gasteiger partial charge in [0.15, 0.2) is 4.34 Å². The normalized spacial score (nSPS) is 11.6. The molecule has 0 saturated heterocycles.